The van der Waals surface area contributed by atoms with Gasteiger partial charge in [0.1, 0.15) is 0 Å². The molecule has 0 aliphatic carbocycles. The van der Waals surface area contributed by atoms with Crippen LogP contribution in [-0.4, -0.2) is 4.98 Å². The van der Waals surface area contributed by atoms with Gasteiger partial charge in [0, 0.05) is 16.0 Å². The second-order valence-corrected chi connectivity index (χ2v) is 5.59. The molecule has 2 nitrogen and oxygen atoms in total. The minimum Gasteiger partial charge on any atom is -0.319 e. The van der Waals surface area contributed by atoms with Gasteiger partial charge in [-0.25, -0.2) is 4.98 Å². The van der Waals surface area contributed by atoms with E-state index in [1.807, 2.05) is 0 Å². The molecular formula is C9H6ClF3N2S2. The predicted molar refractivity (Wildman–Crippen MR) is 62.5 cm³/mol. The number of nitrogens with zero attached hydrogens (tertiary/aromatic N) is 1. The maximum Gasteiger partial charge on any atom is 0.443 e. The van der Waals surface area contributed by atoms with E-state index in [0.717, 1.165) is 6.20 Å². The second kappa shape index (κ2) is 4.56. The Labute approximate surface area is 108 Å². The van der Waals surface area contributed by atoms with Gasteiger partial charge in [0.2, 0.25) is 0 Å². The molecule has 17 heavy (non-hydrogen) atoms. The third kappa shape index (κ3) is 2.62. The first-order chi connectivity index (χ1) is 7.89. The van der Waals surface area contributed by atoms with Crippen LogP contribution in [0.15, 0.2) is 17.6 Å². The Morgan fingerprint density at radius 3 is 2.59 bits per heavy atom. The monoisotopic (exact) mass is 298 g/mol. The molecule has 0 spiro atoms. The number of thiazole rings is 1. The molecule has 1 unspecified atom stereocenters. The average Bonchev–Trinajstić information content (AvgIpc) is 2.83. The zero-order valence-corrected chi connectivity index (χ0v) is 10.6. The number of aromatic nitrogens is 1. The molecule has 0 fully saturated rings. The van der Waals surface area contributed by atoms with Gasteiger partial charge in [0.15, 0.2) is 5.01 Å². The summed E-state index contributed by atoms with van der Waals surface area (Å²) in [5, 5.41) is 1.31. The molecule has 0 saturated carbocycles. The van der Waals surface area contributed by atoms with Crippen molar-refractivity contribution in [2.45, 2.75) is 12.2 Å². The summed E-state index contributed by atoms with van der Waals surface area (Å²) in [6, 6.07) is 1.00. The van der Waals surface area contributed by atoms with Crippen LogP contribution >= 0.6 is 34.3 Å². The van der Waals surface area contributed by atoms with Crippen molar-refractivity contribution >= 4 is 34.3 Å². The Hall–Kier alpha value is -0.630. The standard InChI is InChI=1S/C9H6ClF3N2S2/c10-4-1-2-16-7(4)6(14)5-3-15-8(17-5)9(11,12)13/h1-3,6H,14H2. The van der Waals surface area contributed by atoms with Gasteiger partial charge in [-0.1, -0.05) is 11.6 Å². The third-order valence-electron chi connectivity index (χ3n) is 2.00. The van der Waals surface area contributed by atoms with E-state index in [4.69, 9.17) is 17.3 Å². The van der Waals surface area contributed by atoms with Crippen LogP contribution in [0.4, 0.5) is 13.2 Å². The maximum atomic E-state index is 12.4. The van der Waals surface area contributed by atoms with E-state index in [-0.39, 0.29) is 0 Å². The van der Waals surface area contributed by atoms with Gasteiger partial charge in [0.05, 0.1) is 11.1 Å². The van der Waals surface area contributed by atoms with E-state index in [9.17, 15) is 13.2 Å². The first kappa shape index (κ1) is 12.8. The molecule has 0 radical (unpaired) electrons. The Balaban J connectivity index is 2.30. The third-order valence-corrected chi connectivity index (χ3v) is 4.57. The molecule has 2 heterocycles. The lowest BCUT2D eigenvalue weighted by Crippen LogP contribution is -2.08. The zero-order chi connectivity index (χ0) is 12.6. The number of thiophene rings is 1. The number of hydrogen-bond donors (Lipinski definition) is 1. The van der Waals surface area contributed by atoms with Crippen molar-refractivity contribution in [3.8, 4) is 0 Å². The van der Waals surface area contributed by atoms with Crippen molar-refractivity contribution in [1.82, 2.24) is 4.98 Å². The lowest BCUT2D eigenvalue weighted by atomic mass is 10.2. The molecule has 8 heteroatoms. The van der Waals surface area contributed by atoms with E-state index >= 15 is 0 Å². The SMILES string of the molecule is NC(c1cnc(C(F)(F)F)s1)c1sccc1Cl. The number of alkyl halides is 3. The van der Waals surface area contributed by atoms with Gasteiger partial charge in [-0.05, 0) is 11.4 Å². The Morgan fingerprint density at radius 2 is 2.12 bits per heavy atom. The van der Waals surface area contributed by atoms with Gasteiger partial charge in [-0.3, -0.25) is 0 Å². The number of rotatable bonds is 2. The van der Waals surface area contributed by atoms with E-state index in [1.165, 1.54) is 11.3 Å². The van der Waals surface area contributed by atoms with Crippen LogP contribution in [0.25, 0.3) is 0 Å². The minimum atomic E-state index is -4.43. The number of nitrogens with two attached hydrogens (primary N) is 1. The fraction of sp³-hybridized carbons (Fsp3) is 0.222. The van der Waals surface area contributed by atoms with Crippen molar-refractivity contribution in [1.29, 1.82) is 0 Å². The molecule has 0 saturated heterocycles. The maximum absolute atomic E-state index is 12.4. The van der Waals surface area contributed by atoms with E-state index < -0.39 is 17.2 Å². The summed E-state index contributed by atoms with van der Waals surface area (Å²) in [5.41, 5.74) is 5.85. The van der Waals surface area contributed by atoms with Crippen molar-refractivity contribution in [2.24, 2.45) is 5.73 Å². The predicted octanol–water partition coefficient (Wildman–Crippen LogP) is 3.92. The largest absolute Gasteiger partial charge is 0.443 e. The zero-order valence-electron chi connectivity index (χ0n) is 8.16. The van der Waals surface area contributed by atoms with E-state index in [2.05, 4.69) is 4.98 Å². The first-order valence-corrected chi connectivity index (χ1v) is 6.48. The minimum absolute atomic E-state index is 0.349. The van der Waals surface area contributed by atoms with Crippen LogP contribution in [0.2, 0.25) is 5.02 Å². The average molecular weight is 299 g/mol. The van der Waals surface area contributed by atoms with Crippen molar-refractivity contribution in [3.63, 3.8) is 0 Å². The lowest BCUT2D eigenvalue weighted by molar-refractivity contribution is -0.137. The fourth-order valence-corrected chi connectivity index (χ4v) is 3.28. The van der Waals surface area contributed by atoms with E-state index in [1.54, 1.807) is 11.4 Å². The van der Waals surface area contributed by atoms with Crippen LogP contribution in [0, 0.1) is 0 Å². The Morgan fingerprint density at radius 1 is 1.41 bits per heavy atom. The van der Waals surface area contributed by atoms with Gasteiger partial charge < -0.3 is 5.73 Å². The summed E-state index contributed by atoms with van der Waals surface area (Å²) in [4.78, 5) is 4.31. The van der Waals surface area contributed by atoms with Crippen molar-refractivity contribution < 1.29 is 13.2 Å². The van der Waals surface area contributed by atoms with Gasteiger partial charge in [-0.15, -0.1) is 22.7 Å². The van der Waals surface area contributed by atoms with Gasteiger partial charge in [0.25, 0.3) is 0 Å². The quantitative estimate of drug-likeness (QED) is 0.912. The first-order valence-electron chi connectivity index (χ1n) is 4.41. The van der Waals surface area contributed by atoms with Gasteiger partial charge >= 0.3 is 6.18 Å². The summed E-state index contributed by atoms with van der Waals surface area (Å²) >= 11 is 7.73. The number of halogens is 4. The van der Waals surface area contributed by atoms with Crippen molar-refractivity contribution in [3.05, 3.63) is 37.4 Å². The Kier molecular flexibility index (Phi) is 3.44. The molecular weight excluding hydrogens is 293 g/mol. The van der Waals surface area contributed by atoms with Crippen LogP contribution < -0.4 is 5.73 Å². The molecule has 2 N–H and O–H groups in total. The van der Waals surface area contributed by atoms with Crippen LogP contribution in [0.1, 0.15) is 20.8 Å². The molecule has 92 valence electrons. The lowest BCUT2D eigenvalue weighted by Gasteiger charge is -2.06. The second-order valence-electron chi connectivity index (χ2n) is 3.18. The normalized spacial score (nSPS) is 13.9. The van der Waals surface area contributed by atoms with Crippen LogP contribution in [0.5, 0.6) is 0 Å². The molecule has 0 amide bonds. The van der Waals surface area contributed by atoms with Crippen molar-refractivity contribution in [2.75, 3.05) is 0 Å². The fourth-order valence-electron chi connectivity index (χ4n) is 1.22. The highest BCUT2D eigenvalue weighted by Gasteiger charge is 2.35. The smallest absolute Gasteiger partial charge is 0.319 e. The molecule has 2 rings (SSSR count). The summed E-state index contributed by atoms with van der Waals surface area (Å²) in [5.74, 6) is 0. The summed E-state index contributed by atoms with van der Waals surface area (Å²) in [6.45, 7) is 0. The Bertz CT molecular complexity index is 520. The molecule has 0 aliphatic rings. The molecule has 1 atom stereocenters. The summed E-state index contributed by atoms with van der Waals surface area (Å²) in [6.07, 6.45) is -3.28. The van der Waals surface area contributed by atoms with E-state index in [0.29, 0.717) is 26.1 Å². The highest BCUT2D eigenvalue weighted by Crippen LogP contribution is 2.37. The summed E-state index contributed by atoms with van der Waals surface area (Å²) in [7, 11) is 0. The van der Waals surface area contributed by atoms with Crippen LogP contribution in [-0.2, 0) is 6.18 Å². The molecule has 0 aromatic carbocycles. The molecule has 0 bridgehead atoms. The molecule has 0 aliphatic heterocycles. The highest BCUT2D eigenvalue weighted by atomic mass is 35.5. The van der Waals surface area contributed by atoms with Gasteiger partial charge in [-0.2, -0.15) is 13.2 Å². The molecule has 2 aromatic rings. The van der Waals surface area contributed by atoms with Crippen LogP contribution in [0.3, 0.4) is 0 Å². The highest BCUT2D eigenvalue weighted by molar-refractivity contribution is 7.13. The summed E-state index contributed by atoms with van der Waals surface area (Å²) < 4.78 is 37.1. The topological polar surface area (TPSA) is 38.9 Å². The number of hydrogen-bond acceptors (Lipinski definition) is 4. The molecule has 2 aromatic heterocycles.